The lowest BCUT2D eigenvalue weighted by molar-refractivity contribution is -0.123. The highest BCUT2D eigenvalue weighted by Crippen LogP contribution is 2.68. The summed E-state index contributed by atoms with van der Waals surface area (Å²) in [6, 6.07) is 0. The Bertz CT molecular complexity index is 589. The lowest BCUT2D eigenvalue weighted by atomic mass is 9.44. The van der Waals surface area contributed by atoms with E-state index in [2.05, 4.69) is 40.9 Å². The Morgan fingerprint density at radius 3 is 2.37 bits per heavy atom. The van der Waals surface area contributed by atoms with E-state index in [-0.39, 0.29) is 10.7 Å². The summed E-state index contributed by atoms with van der Waals surface area (Å²) >= 11 is 1.79. The van der Waals surface area contributed by atoms with Crippen molar-refractivity contribution in [3.63, 3.8) is 0 Å². The average molecular weight is 437 g/mol. The maximum Gasteiger partial charge on any atom is 0.112 e. The molecule has 0 amide bonds. The molecule has 0 aliphatic heterocycles. The molecular weight excluding hydrogens is 387 g/mol. The molecule has 4 aliphatic rings. The van der Waals surface area contributed by atoms with Crippen LogP contribution in [0.5, 0.6) is 0 Å². The van der Waals surface area contributed by atoms with E-state index in [1.165, 1.54) is 57.8 Å². The Morgan fingerprint density at radius 2 is 1.67 bits per heavy atom. The fourth-order valence-corrected chi connectivity index (χ4v) is 10.3. The summed E-state index contributed by atoms with van der Waals surface area (Å²) in [7, 11) is 0. The summed E-state index contributed by atoms with van der Waals surface area (Å²) in [6.07, 6.45) is 16.3. The molecule has 0 nitrogen and oxygen atoms in total. The highest BCUT2D eigenvalue weighted by Gasteiger charge is 2.61. The first-order valence-electron chi connectivity index (χ1n) is 13.4. The third-order valence-corrected chi connectivity index (χ3v) is 12.2. The molecule has 4 rings (SSSR count). The highest BCUT2D eigenvalue weighted by molar-refractivity contribution is 7.99. The molecule has 0 heterocycles. The van der Waals surface area contributed by atoms with Crippen LogP contribution in [0.2, 0.25) is 0 Å². The van der Waals surface area contributed by atoms with Gasteiger partial charge in [-0.1, -0.05) is 53.9 Å². The Hall–Kier alpha value is 0.280. The minimum absolute atomic E-state index is 0.260. The van der Waals surface area contributed by atoms with Gasteiger partial charge in [0, 0.05) is 5.25 Å². The van der Waals surface area contributed by atoms with Gasteiger partial charge in [0.15, 0.2) is 0 Å². The topological polar surface area (TPSA) is 0 Å². The van der Waals surface area contributed by atoms with Crippen molar-refractivity contribution in [3.8, 4) is 0 Å². The van der Waals surface area contributed by atoms with Crippen LogP contribution in [-0.4, -0.2) is 17.7 Å². The van der Waals surface area contributed by atoms with Crippen LogP contribution in [0.1, 0.15) is 105 Å². The average Bonchev–Trinajstić information content (AvgIpc) is 3.04. The van der Waals surface area contributed by atoms with Gasteiger partial charge in [-0.3, -0.25) is 0 Å². The third-order valence-electron chi connectivity index (χ3n) is 11.1. The first-order chi connectivity index (χ1) is 14.2. The quantitative estimate of drug-likeness (QED) is 0.401. The van der Waals surface area contributed by atoms with Crippen molar-refractivity contribution in [2.75, 3.05) is 6.26 Å². The molecule has 0 aromatic carbocycles. The fraction of sp³-hybridized carbons (Fsp3) is 1.00. The van der Waals surface area contributed by atoms with Crippen LogP contribution in [0, 0.1) is 52.3 Å². The molecule has 10 atom stereocenters. The highest BCUT2D eigenvalue weighted by atomic mass is 32.2. The van der Waals surface area contributed by atoms with Crippen molar-refractivity contribution in [2.24, 2.45) is 52.3 Å². The zero-order valence-corrected chi connectivity index (χ0v) is 21.6. The van der Waals surface area contributed by atoms with Gasteiger partial charge in [-0.05, 0) is 110 Å². The molecule has 2 heteroatoms. The van der Waals surface area contributed by atoms with Crippen LogP contribution in [-0.2, 0) is 0 Å². The number of alkyl halides is 1. The van der Waals surface area contributed by atoms with Crippen LogP contribution in [0.3, 0.4) is 0 Å². The second-order valence-electron chi connectivity index (χ2n) is 12.9. The largest absolute Gasteiger partial charge is 0.246 e. The van der Waals surface area contributed by atoms with Crippen molar-refractivity contribution >= 4 is 11.8 Å². The van der Waals surface area contributed by atoms with Gasteiger partial charge in [0.05, 0.1) is 0 Å². The minimum Gasteiger partial charge on any atom is -0.246 e. The Kier molecular flexibility index (Phi) is 6.96. The molecule has 0 N–H and O–H groups in total. The molecule has 0 aromatic rings. The van der Waals surface area contributed by atoms with Gasteiger partial charge < -0.3 is 0 Å². The molecule has 4 fully saturated rings. The monoisotopic (exact) mass is 436 g/mol. The maximum atomic E-state index is 15.1. The first-order valence-corrected chi connectivity index (χ1v) is 14.7. The van der Waals surface area contributed by atoms with E-state index < -0.39 is 6.17 Å². The van der Waals surface area contributed by atoms with Gasteiger partial charge in [0.1, 0.15) is 6.17 Å². The molecule has 0 radical (unpaired) electrons. The van der Waals surface area contributed by atoms with Gasteiger partial charge in [-0.15, -0.1) is 0 Å². The van der Waals surface area contributed by atoms with Crippen LogP contribution in [0.15, 0.2) is 0 Å². The maximum absolute atomic E-state index is 15.1. The normalized spacial score (nSPS) is 49.4. The summed E-state index contributed by atoms with van der Waals surface area (Å²) in [5, 5.41) is 0.260. The van der Waals surface area contributed by atoms with Gasteiger partial charge in [0.25, 0.3) is 0 Å². The fourth-order valence-electron chi connectivity index (χ4n) is 9.49. The van der Waals surface area contributed by atoms with Crippen molar-refractivity contribution in [3.05, 3.63) is 0 Å². The summed E-state index contributed by atoms with van der Waals surface area (Å²) in [6.45, 7) is 12.5. The van der Waals surface area contributed by atoms with Gasteiger partial charge in [-0.25, -0.2) is 4.39 Å². The van der Waals surface area contributed by atoms with E-state index in [0.29, 0.717) is 5.41 Å². The Morgan fingerprint density at radius 1 is 0.933 bits per heavy atom. The molecule has 4 aliphatic carbocycles. The predicted molar refractivity (Wildman–Crippen MR) is 131 cm³/mol. The van der Waals surface area contributed by atoms with E-state index in [1.54, 1.807) is 11.8 Å². The molecule has 0 spiro atoms. The summed E-state index contributed by atoms with van der Waals surface area (Å²) in [5.74, 6) is 6.04. The van der Waals surface area contributed by atoms with E-state index in [4.69, 9.17) is 0 Å². The Balaban J connectivity index is 1.47. The first kappa shape index (κ1) is 23.4. The van der Waals surface area contributed by atoms with Crippen molar-refractivity contribution in [1.82, 2.24) is 0 Å². The summed E-state index contributed by atoms with van der Waals surface area (Å²) < 4.78 is 15.1. The SMILES string of the molecule is CS[C@H]1C[C@@H]2CC[C@@H]3[C@H](CC[C@]4(C)[C@@H]([C@H](C)CCCC(C)C)CC[C@@H]34)[C@@]2(C)C[C@@H]1F. The van der Waals surface area contributed by atoms with E-state index >= 15 is 4.39 Å². The van der Waals surface area contributed by atoms with Crippen LogP contribution in [0.25, 0.3) is 0 Å². The number of hydrogen-bond acceptors (Lipinski definition) is 1. The van der Waals surface area contributed by atoms with E-state index in [9.17, 15) is 0 Å². The lowest BCUT2D eigenvalue weighted by Crippen LogP contribution is -2.55. The zero-order valence-electron chi connectivity index (χ0n) is 20.8. The van der Waals surface area contributed by atoms with Crippen LogP contribution >= 0.6 is 11.8 Å². The molecular formula is C28H49FS. The van der Waals surface area contributed by atoms with Crippen molar-refractivity contribution in [1.29, 1.82) is 0 Å². The second kappa shape index (κ2) is 8.90. The van der Waals surface area contributed by atoms with E-state index in [1.807, 2.05) is 0 Å². The van der Waals surface area contributed by atoms with Crippen molar-refractivity contribution in [2.45, 2.75) is 117 Å². The summed E-state index contributed by atoms with van der Waals surface area (Å²) in [5.41, 5.74) is 0.837. The molecule has 174 valence electrons. The number of rotatable bonds is 6. The molecule has 0 saturated heterocycles. The molecule has 4 saturated carbocycles. The molecule has 0 aromatic heterocycles. The Labute approximate surface area is 191 Å². The van der Waals surface area contributed by atoms with E-state index in [0.717, 1.165) is 54.3 Å². The zero-order chi connectivity index (χ0) is 21.7. The van der Waals surface area contributed by atoms with Gasteiger partial charge in [-0.2, -0.15) is 11.8 Å². The third kappa shape index (κ3) is 3.92. The number of halogens is 1. The minimum atomic E-state index is -0.578. The molecule has 0 bridgehead atoms. The smallest absolute Gasteiger partial charge is 0.112 e. The number of thioether (sulfide) groups is 1. The van der Waals surface area contributed by atoms with Gasteiger partial charge in [0.2, 0.25) is 0 Å². The second-order valence-corrected chi connectivity index (χ2v) is 14.0. The standard InChI is InChI=1S/C28H49FS/c1-18(2)8-7-9-19(3)22-12-13-23-21-11-10-20-16-26(30-6)25(29)17-28(20,5)24(21)14-15-27(22,23)4/h18-26H,7-17H2,1-6H3/t19-,20+,21+,22-,23+,24+,25+,26+,27-,28+/m1/s1. The lowest BCUT2D eigenvalue weighted by Gasteiger charge is -2.61. The van der Waals surface area contributed by atoms with Crippen LogP contribution < -0.4 is 0 Å². The van der Waals surface area contributed by atoms with Crippen molar-refractivity contribution < 1.29 is 4.39 Å². The molecule has 30 heavy (non-hydrogen) atoms. The van der Waals surface area contributed by atoms with Crippen LogP contribution in [0.4, 0.5) is 4.39 Å². The summed E-state index contributed by atoms with van der Waals surface area (Å²) in [4.78, 5) is 0. The predicted octanol–water partition coefficient (Wildman–Crippen LogP) is 8.79. The number of hydrogen-bond donors (Lipinski definition) is 0. The molecule has 0 unspecified atom stereocenters. The van der Waals surface area contributed by atoms with Gasteiger partial charge >= 0.3 is 0 Å². The number of fused-ring (bicyclic) bond motifs is 5.